The summed E-state index contributed by atoms with van der Waals surface area (Å²) in [5.41, 5.74) is 0. The van der Waals surface area contributed by atoms with Gasteiger partial charge in [-0.05, 0) is 0 Å². The standard InChI is InChI=1S/C2HF3O2.Bi/c3-2(4,5)1(6)7;/h(H,6,7);/q;+3/p-1. The summed E-state index contributed by atoms with van der Waals surface area (Å²) in [6, 6.07) is 0. The molecule has 6 heteroatoms. The van der Waals surface area contributed by atoms with Crippen molar-refractivity contribution < 1.29 is 23.1 Å². The van der Waals surface area contributed by atoms with E-state index in [9.17, 15) is 13.2 Å². The fourth-order valence-electron chi connectivity index (χ4n) is 0. The topological polar surface area (TPSA) is 40.1 Å². The van der Waals surface area contributed by atoms with Gasteiger partial charge in [-0.1, -0.05) is 0 Å². The smallest absolute Gasteiger partial charge is 0.542 e. The second kappa shape index (κ2) is 3.22. The fourth-order valence-corrected chi connectivity index (χ4v) is 0. The van der Waals surface area contributed by atoms with E-state index in [-0.39, 0.29) is 26.2 Å². The number of rotatable bonds is 0. The quantitative estimate of drug-likeness (QED) is 0.532. The van der Waals surface area contributed by atoms with Crippen LogP contribution in [-0.4, -0.2) is 38.3 Å². The Hall–Kier alpha value is 0.143. The molecule has 0 aliphatic carbocycles. The van der Waals surface area contributed by atoms with Gasteiger partial charge < -0.3 is 9.90 Å². The molecular formula is C2BiF3O2+2. The third kappa shape index (κ3) is 4.31. The van der Waals surface area contributed by atoms with E-state index in [0.717, 1.165) is 0 Å². The molecule has 0 aliphatic heterocycles. The number of aliphatic carboxylic acids is 1. The summed E-state index contributed by atoms with van der Waals surface area (Å²) in [6.45, 7) is 0. The number of carboxylic acids is 1. The molecule has 0 spiro atoms. The largest absolute Gasteiger partial charge is 3.00 e. The van der Waals surface area contributed by atoms with Crippen molar-refractivity contribution in [3.63, 3.8) is 0 Å². The first-order valence-corrected chi connectivity index (χ1v) is 1.23. The zero-order valence-electron chi connectivity index (χ0n) is 3.40. The maximum Gasteiger partial charge on any atom is 3.00 e. The first kappa shape index (κ1) is 11.0. The molecule has 0 aromatic rings. The summed E-state index contributed by atoms with van der Waals surface area (Å²) >= 11 is 0. The first-order valence-electron chi connectivity index (χ1n) is 1.23. The summed E-state index contributed by atoms with van der Waals surface area (Å²) in [5.74, 6) is -3.01. The van der Waals surface area contributed by atoms with E-state index < -0.39 is 12.1 Å². The van der Waals surface area contributed by atoms with Gasteiger partial charge in [0.1, 0.15) is 5.97 Å². The molecule has 0 atom stereocenters. The van der Waals surface area contributed by atoms with Crippen molar-refractivity contribution in [2.24, 2.45) is 0 Å². The Morgan fingerprint density at radius 2 is 1.50 bits per heavy atom. The van der Waals surface area contributed by atoms with Crippen molar-refractivity contribution in [1.29, 1.82) is 0 Å². The molecule has 0 heterocycles. The number of hydrogen-bond acceptors (Lipinski definition) is 2. The number of carbonyl (C=O) groups excluding carboxylic acids is 1. The van der Waals surface area contributed by atoms with Crippen molar-refractivity contribution in [3.05, 3.63) is 0 Å². The second-order valence-corrected chi connectivity index (χ2v) is 0.785. The van der Waals surface area contributed by atoms with Crippen LogP contribution in [-0.2, 0) is 4.79 Å². The van der Waals surface area contributed by atoms with Gasteiger partial charge in [0.25, 0.3) is 0 Å². The van der Waals surface area contributed by atoms with Crippen LogP contribution >= 0.6 is 0 Å². The Labute approximate surface area is 61.8 Å². The van der Waals surface area contributed by atoms with Crippen LogP contribution in [0.15, 0.2) is 0 Å². The van der Waals surface area contributed by atoms with E-state index in [1.54, 1.807) is 0 Å². The SMILES string of the molecule is O=C([O-])C(F)(F)F.[Bi+3]. The minimum absolute atomic E-state index is 0. The van der Waals surface area contributed by atoms with Crippen LogP contribution in [0, 0.1) is 0 Å². The van der Waals surface area contributed by atoms with Crippen LogP contribution in [0.5, 0.6) is 0 Å². The molecule has 0 unspecified atom stereocenters. The number of carbonyl (C=O) groups is 1. The van der Waals surface area contributed by atoms with Crippen LogP contribution in [0.3, 0.4) is 0 Å². The summed E-state index contributed by atoms with van der Waals surface area (Å²) in [4.78, 5) is 8.78. The molecule has 44 valence electrons. The van der Waals surface area contributed by atoms with Gasteiger partial charge in [0.05, 0.1) is 0 Å². The van der Waals surface area contributed by atoms with Crippen molar-refractivity contribution >= 4 is 32.2 Å². The Morgan fingerprint density at radius 3 is 1.50 bits per heavy atom. The molecule has 0 rings (SSSR count). The summed E-state index contributed by atoms with van der Waals surface area (Å²) < 4.78 is 31.5. The zero-order valence-corrected chi connectivity index (χ0v) is 6.87. The molecule has 0 aliphatic rings. The average molecular weight is 322 g/mol. The summed E-state index contributed by atoms with van der Waals surface area (Å²) in [6.07, 6.45) is -5.19. The number of carboxylic acid groups (broad SMARTS) is 1. The third-order valence-corrected chi connectivity index (χ3v) is 0.231. The molecular weight excluding hydrogens is 322 g/mol. The van der Waals surface area contributed by atoms with Crippen molar-refractivity contribution in [1.82, 2.24) is 0 Å². The number of halogens is 3. The monoisotopic (exact) mass is 322 g/mol. The Kier molecular flexibility index (Phi) is 4.44. The van der Waals surface area contributed by atoms with Crippen molar-refractivity contribution in [3.8, 4) is 0 Å². The molecule has 0 N–H and O–H groups in total. The van der Waals surface area contributed by atoms with E-state index in [1.807, 2.05) is 0 Å². The Balaban J connectivity index is 0. The summed E-state index contributed by atoms with van der Waals surface area (Å²) in [5, 5.41) is 8.78. The van der Waals surface area contributed by atoms with Gasteiger partial charge >= 0.3 is 32.4 Å². The molecule has 0 saturated heterocycles. The predicted molar refractivity (Wildman–Crippen MR) is 16.8 cm³/mol. The van der Waals surface area contributed by atoms with E-state index in [1.165, 1.54) is 0 Å². The fraction of sp³-hybridized carbons (Fsp3) is 0.500. The summed E-state index contributed by atoms with van der Waals surface area (Å²) in [7, 11) is 0. The molecule has 0 aromatic carbocycles. The molecule has 0 saturated carbocycles. The van der Waals surface area contributed by atoms with Crippen LogP contribution in [0.2, 0.25) is 0 Å². The van der Waals surface area contributed by atoms with Gasteiger partial charge in [-0.2, -0.15) is 13.2 Å². The number of alkyl halides is 3. The predicted octanol–water partition coefficient (Wildman–Crippen LogP) is -1.08. The van der Waals surface area contributed by atoms with Gasteiger partial charge in [-0.15, -0.1) is 0 Å². The van der Waals surface area contributed by atoms with E-state index in [2.05, 4.69) is 0 Å². The molecule has 0 amide bonds. The third-order valence-electron chi connectivity index (χ3n) is 0.231. The molecule has 8 heavy (non-hydrogen) atoms. The van der Waals surface area contributed by atoms with Gasteiger partial charge in [0.15, 0.2) is 0 Å². The minimum atomic E-state index is -5.19. The zero-order chi connectivity index (χ0) is 6.08. The first-order chi connectivity index (χ1) is 2.94. The molecule has 0 fully saturated rings. The Morgan fingerprint density at radius 1 is 1.38 bits per heavy atom. The molecule has 2 radical (unpaired) electrons. The normalized spacial score (nSPS) is 9.88. The van der Waals surface area contributed by atoms with Crippen molar-refractivity contribution in [2.75, 3.05) is 0 Å². The van der Waals surface area contributed by atoms with E-state index in [4.69, 9.17) is 9.90 Å². The minimum Gasteiger partial charge on any atom is -0.542 e. The van der Waals surface area contributed by atoms with Crippen LogP contribution in [0.4, 0.5) is 13.2 Å². The van der Waals surface area contributed by atoms with Gasteiger partial charge in [0.2, 0.25) is 0 Å². The van der Waals surface area contributed by atoms with Crippen LogP contribution < -0.4 is 5.11 Å². The van der Waals surface area contributed by atoms with Gasteiger partial charge in [-0.25, -0.2) is 0 Å². The Bertz CT molecular complexity index is 87.8. The van der Waals surface area contributed by atoms with Crippen molar-refractivity contribution in [2.45, 2.75) is 6.18 Å². The maximum absolute atomic E-state index is 10.5. The average Bonchev–Trinajstić information content (AvgIpc) is 1.31. The maximum atomic E-state index is 10.5. The van der Waals surface area contributed by atoms with Crippen LogP contribution in [0.1, 0.15) is 0 Å². The molecule has 0 aromatic heterocycles. The molecule has 2 nitrogen and oxygen atoms in total. The van der Waals surface area contributed by atoms with Crippen LogP contribution in [0.25, 0.3) is 0 Å². The second-order valence-electron chi connectivity index (χ2n) is 0.785. The molecule has 0 bridgehead atoms. The van der Waals surface area contributed by atoms with Gasteiger partial charge in [0, 0.05) is 0 Å². The van der Waals surface area contributed by atoms with Gasteiger partial charge in [-0.3, -0.25) is 0 Å². The van der Waals surface area contributed by atoms with E-state index >= 15 is 0 Å². The number of hydrogen-bond donors (Lipinski definition) is 0. The van der Waals surface area contributed by atoms with E-state index in [0.29, 0.717) is 0 Å².